The summed E-state index contributed by atoms with van der Waals surface area (Å²) < 4.78 is 5.02. The second-order valence-corrected chi connectivity index (χ2v) is 5.72. The highest BCUT2D eigenvalue weighted by Crippen LogP contribution is 2.31. The number of carbonyl (C=O) groups excluding carboxylic acids is 1. The van der Waals surface area contributed by atoms with Crippen LogP contribution in [0.25, 0.3) is 0 Å². The van der Waals surface area contributed by atoms with E-state index >= 15 is 0 Å². The van der Waals surface area contributed by atoms with Crippen molar-refractivity contribution in [2.45, 2.75) is 38.2 Å². The van der Waals surface area contributed by atoms with Gasteiger partial charge in [0.05, 0.1) is 13.0 Å². The Hall–Kier alpha value is -2.13. The molecule has 1 atom stereocenters. The van der Waals surface area contributed by atoms with Crippen LogP contribution in [0.1, 0.15) is 37.3 Å². The monoisotopic (exact) mass is 312 g/mol. The van der Waals surface area contributed by atoms with Crippen LogP contribution in [0.4, 0.5) is 0 Å². The Labute approximate surface area is 137 Å². The van der Waals surface area contributed by atoms with E-state index in [4.69, 9.17) is 4.74 Å². The molecule has 0 amide bonds. The zero-order valence-electron chi connectivity index (χ0n) is 13.6. The number of rotatable bonds is 8. The molecule has 2 rings (SSSR count). The van der Waals surface area contributed by atoms with Crippen molar-refractivity contribution in [2.75, 3.05) is 6.61 Å². The van der Waals surface area contributed by atoms with Crippen LogP contribution >= 0.6 is 0 Å². The molecule has 2 aromatic carbocycles. The maximum atomic E-state index is 11.9. The summed E-state index contributed by atoms with van der Waals surface area (Å²) in [5.74, 6) is -0.362. The Morgan fingerprint density at radius 1 is 1.04 bits per heavy atom. The highest BCUT2D eigenvalue weighted by Gasteiger charge is 2.32. The van der Waals surface area contributed by atoms with Crippen molar-refractivity contribution in [1.82, 2.24) is 0 Å². The first kappa shape index (κ1) is 17.2. The quantitative estimate of drug-likeness (QED) is 0.753. The van der Waals surface area contributed by atoms with Gasteiger partial charge >= 0.3 is 5.97 Å². The lowest BCUT2D eigenvalue weighted by molar-refractivity contribution is -0.149. The Morgan fingerprint density at radius 2 is 1.65 bits per heavy atom. The second kappa shape index (κ2) is 8.49. The number of benzene rings is 2. The smallest absolute Gasteiger partial charge is 0.309 e. The Balaban J connectivity index is 2.05. The first-order chi connectivity index (χ1) is 11.1. The molecule has 23 heavy (non-hydrogen) atoms. The lowest BCUT2D eigenvalue weighted by atomic mass is 9.85. The fraction of sp³-hybridized carbons (Fsp3) is 0.350. The van der Waals surface area contributed by atoms with Gasteiger partial charge in [-0.3, -0.25) is 4.79 Å². The van der Waals surface area contributed by atoms with Crippen molar-refractivity contribution in [3.63, 3.8) is 0 Å². The molecule has 1 N–H and O–H groups in total. The molecule has 0 fully saturated rings. The summed E-state index contributed by atoms with van der Waals surface area (Å²) in [4.78, 5) is 11.9. The molecule has 1 unspecified atom stereocenters. The van der Waals surface area contributed by atoms with Gasteiger partial charge in [-0.05, 0) is 37.3 Å². The molecule has 3 nitrogen and oxygen atoms in total. The lowest BCUT2D eigenvalue weighted by Crippen LogP contribution is -2.30. The minimum atomic E-state index is -1.18. The normalized spacial score (nSPS) is 13.3. The van der Waals surface area contributed by atoms with Gasteiger partial charge in [0.25, 0.3) is 0 Å². The van der Waals surface area contributed by atoms with Gasteiger partial charge in [-0.2, -0.15) is 0 Å². The fourth-order valence-electron chi connectivity index (χ4n) is 2.76. The van der Waals surface area contributed by atoms with E-state index < -0.39 is 5.60 Å². The number of aliphatic hydroxyl groups is 1. The maximum Gasteiger partial charge on any atom is 0.309 e. The summed E-state index contributed by atoms with van der Waals surface area (Å²) in [7, 11) is 0. The van der Waals surface area contributed by atoms with E-state index in [-0.39, 0.29) is 12.4 Å². The van der Waals surface area contributed by atoms with Crippen molar-refractivity contribution in [3.8, 4) is 0 Å². The molecule has 0 bridgehead atoms. The molecular formula is C20H24O3. The maximum absolute atomic E-state index is 11.9. The van der Waals surface area contributed by atoms with Gasteiger partial charge in [-0.25, -0.2) is 0 Å². The molecule has 0 aromatic heterocycles. The Kier molecular flexibility index (Phi) is 6.36. The third-order valence-electron chi connectivity index (χ3n) is 3.95. The number of carbonyl (C=O) groups is 1. The van der Waals surface area contributed by atoms with Gasteiger partial charge in [0, 0.05) is 0 Å². The van der Waals surface area contributed by atoms with Crippen molar-refractivity contribution in [3.05, 3.63) is 71.8 Å². The van der Waals surface area contributed by atoms with E-state index in [0.29, 0.717) is 13.0 Å². The van der Waals surface area contributed by atoms with Crippen LogP contribution in [-0.4, -0.2) is 17.7 Å². The van der Waals surface area contributed by atoms with E-state index in [2.05, 4.69) is 12.1 Å². The average Bonchev–Trinajstić information content (AvgIpc) is 2.57. The number of aryl methyl sites for hydroxylation is 1. The van der Waals surface area contributed by atoms with Crippen molar-refractivity contribution in [2.24, 2.45) is 0 Å². The zero-order chi connectivity index (χ0) is 16.5. The molecule has 0 aliphatic heterocycles. The molecule has 0 aliphatic rings. The van der Waals surface area contributed by atoms with Crippen LogP contribution in [0.5, 0.6) is 0 Å². The van der Waals surface area contributed by atoms with Gasteiger partial charge in [-0.1, -0.05) is 60.7 Å². The Morgan fingerprint density at radius 3 is 2.26 bits per heavy atom. The van der Waals surface area contributed by atoms with E-state index in [0.717, 1.165) is 18.4 Å². The van der Waals surface area contributed by atoms with Crippen LogP contribution in [0.2, 0.25) is 0 Å². The molecule has 0 saturated heterocycles. The topological polar surface area (TPSA) is 46.5 Å². The predicted octanol–water partition coefficient (Wildman–Crippen LogP) is 3.85. The largest absolute Gasteiger partial charge is 0.466 e. The van der Waals surface area contributed by atoms with Crippen LogP contribution in [0.15, 0.2) is 60.7 Å². The minimum Gasteiger partial charge on any atom is -0.466 e. The molecule has 0 heterocycles. The minimum absolute atomic E-state index is 0.0142. The van der Waals surface area contributed by atoms with Crippen molar-refractivity contribution in [1.29, 1.82) is 0 Å². The van der Waals surface area contributed by atoms with Crippen LogP contribution < -0.4 is 0 Å². The molecule has 0 spiro atoms. The first-order valence-corrected chi connectivity index (χ1v) is 8.11. The van der Waals surface area contributed by atoms with Crippen molar-refractivity contribution >= 4 is 5.97 Å². The highest BCUT2D eigenvalue weighted by molar-refractivity contribution is 5.71. The molecular weight excluding hydrogens is 288 g/mol. The van der Waals surface area contributed by atoms with E-state index in [9.17, 15) is 9.90 Å². The second-order valence-electron chi connectivity index (χ2n) is 5.72. The molecule has 0 radical (unpaired) electrons. The number of ether oxygens (including phenoxy) is 1. The third-order valence-corrected chi connectivity index (χ3v) is 3.95. The summed E-state index contributed by atoms with van der Waals surface area (Å²) >= 11 is 0. The van der Waals surface area contributed by atoms with E-state index in [1.165, 1.54) is 5.56 Å². The van der Waals surface area contributed by atoms with Gasteiger partial charge in [-0.15, -0.1) is 0 Å². The molecule has 122 valence electrons. The van der Waals surface area contributed by atoms with E-state index in [1.54, 1.807) is 6.92 Å². The number of hydrogen-bond donors (Lipinski definition) is 1. The van der Waals surface area contributed by atoms with Crippen LogP contribution in [-0.2, 0) is 21.6 Å². The zero-order valence-corrected chi connectivity index (χ0v) is 13.6. The molecule has 2 aromatic rings. The summed E-state index contributed by atoms with van der Waals surface area (Å²) in [6.45, 7) is 2.10. The predicted molar refractivity (Wildman–Crippen MR) is 91.0 cm³/mol. The summed E-state index contributed by atoms with van der Waals surface area (Å²) in [6.07, 6.45) is 2.18. The van der Waals surface area contributed by atoms with Crippen LogP contribution in [0, 0.1) is 0 Å². The highest BCUT2D eigenvalue weighted by atomic mass is 16.5. The molecule has 0 saturated carbocycles. The van der Waals surface area contributed by atoms with Crippen molar-refractivity contribution < 1.29 is 14.6 Å². The summed E-state index contributed by atoms with van der Waals surface area (Å²) in [6, 6.07) is 19.5. The van der Waals surface area contributed by atoms with Crippen LogP contribution in [0.3, 0.4) is 0 Å². The van der Waals surface area contributed by atoms with E-state index in [1.807, 2.05) is 48.5 Å². The summed E-state index contributed by atoms with van der Waals surface area (Å²) in [5, 5.41) is 11.1. The SMILES string of the molecule is CCOC(=O)CC(O)(CCCc1ccccc1)c1ccccc1. The number of esters is 1. The fourth-order valence-corrected chi connectivity index (χ4v) is 2.76. The molecule has 3 heteroatoms. The first-order valence-electron chi connectivity index (χ1n) is 8.11. The third kappa shape index (κ3) is 5.22. The summed E-state index contributed by atoms with van der Waals surface area (Å²) in [5.41, 5.74) is 0.822. The van der Waals surface area contributed by atoms with Gasteiger partial charge in [0.2, 0.25) is 0 Å². The van der Waals surface area contributed by atoms with Gasteiger partial charge in [0.15, 0.2) is 0 Å². The Bertz CT molecular complexity index is 595. The standard InChI is InChI=1S/C20H24O3/c1-2-23-19(21)16-20(22,18-13-7-4-8-14-18)15-9-12-17-10-5-3-6-11-17/h3-8,10-11,13-14,22H,2,9,12,15-16H2,1H3. The lowest BCUT2D eigenvalue weighted by Gasteiger charge is -2.28. The molecule has 0 aliphatic carbocycles. The van der Waals surface area contributed by atoms with Gasteiger partial charge in [0.1, 0.15) is 5.60 Å². The number of hydrogen-bond acceptors (Lipinski definition) is 3. The average molecular weight is 312 g/mol. The van der Waals surface area contributed by atoms with Gasteiger partial charge < -0.3 is 9.84 Å².